The summed E-state index contributed by atoms with van der Waals surface area (Å²) in [5.41, 5.74) is 0. The fourth-order valence-electron chi connectivity index (χ4n) is 0.389. The van der Waals surface area contributed by atoms with Gasteiger partial charge in [0.1, 0.15) is 0 Å². The molecule has 0 spiro atoms. The van der Waals surface area contributed by atoms with E-state index < -0.39 is 24.8 Å². The summed E-state index contributed by atoms with van der Waals surface area (Å²) in [7, 11) is 0. The Morgan fingerprint density at radius 3 is 1.08 bits per heavy atom. The topological polar surface area (TPSA) is 87.3 Å². The van der Waals surface area contributed by atoms with Crippen LogP contribution in [0.3, 0.4) is 0 Å². The predicted molar refractivity (Wildman–Crippen MR) is 32.2 cm³/mol. The van der Waals surface area contributed by atoms with Crippen LogP contribution in [-0.2, 0) is 0 Å². The largest absolute Gasteiger partial charge is 0.400 e. The van der Waals surface area contributed by atoms with E-state index in [-0.39, 0.29) is 0 Å². The van der Waals surface area contributed by atoms with Crippen LogP contribution in [0.4, 0.5) is 27.6 Å². The molecule has 0 aliphatic heterocycles. The molecular weight excluding hydrogens is 195 g/mol. The third kappa shape index (κ3) is 6.59. The van der Waals surface area contributed by atoms with Gasteiger partial charge in [0.25, 0.3) is 6.29 Å². The smallest absolute Gasteiger partial charge is 0.282 e. The molecule has 9 heteroatoms. The molecule has 0 saturated heterocycles. The van der Waals surface area contributed by atoms with Gasteiger partial charge in [0, 0.05) is 0 Å². The highest BCUT2D eigenvalue weighted by Crippen LogP contribution is 1.88. The van der Waals surface area contributed by atoms with Crippen LogP contribution < -0.4 is 16.0 Å². The summed E-state index contributed by atoms with van der Waals surface area (Å²) in [5, 5.41) is 3.33. The lowest BCUT2D eigenvalue weighted by atomic mass is 10.7. The van der Waals surface area contributed by atoms with Crippen LogP contribution in [0.2, 0.25) is 0 Å². The number of carbonyl (C=O) groups is 3. The van der Waals surface area contributed by atoms with Crippen LogP contribution in [0.5, 0.6) is 0 Å². The van der Waals surface area contributed by atoms with E-state index in [4.69, 9.17) is 0 Å². The van der Waals surface area contributed by atoms with Gasteiger partial charge < -0.3 is 0 Å². The Morgan fingerprint density at radius 1 is 0.692 bits per heavy atom. The van der Waals surface area contributed by atoms with E-state index in [1.54, 1.807) is 0 Å². The monoisotopic (exact) mass is 198 g/mol. The van der Waals surface area contributed by atoms with Crippen molar-refractivity contribution in [3.63, 3.8) is 0 Å². The van der Waals surface area contributed by atoms with Crippen molar-refractivity contribution in [1.29, 1.82) is 0 Å². The number of halogens is 3. The van der Waals surface area contributed by atoms with E-state index in [2.05, 4.69) is 0 Å². The molecule has 0 aliphatic carbocycles. The van der Waals surface area contributed by atoms with Crippen LogP contribution in [0.1, 0.15) is 0 Å². The highest BCUT2D eigenvalue weighted by molar-refractivity contribution is 5.75. The Morgan fingerprint density at radius 2 is 0.923 bits per heavy atom. The maximum atomic E-state index is 11.5. The molecule has 0 aromatic rings. The van der Waals surface area contributed by atoms with E-state index in [9.17, 15) is 27.6 Å². The van der Waals surface area contributed by atoms with Crippen LogP contribution in [-0.4, -0.2) is 18.5 Å². The highest BCUT2D eigenvalue weighted by Gasteiger charge is 2.18. The van der Waals surface area contributed by atoms with Crippen molar-refractivity contribution >= 4 is 18.5 Å². The molecule has 0 fully saturated rings. The summed E-state index contributed by atoms with van der Waals surface area (Å²) in [6.07, 6.45) is -7.78. The zero-order valence-corrected chi connectivity index (χ0v) is 5.86. The first-order valence-electron chi connectivity index (χ1n) is 2.68. The Kier molecular flexibility index (Phi) is 4.27. The summed E-state index contributed by atoms with van der Waals surface area (Å²) in [4.78, 5) is 29.0. The van der Waals surface area contributed by atoms with E-state index in [0.717, 1.165) is 16.0 Å². The quantitative estimate of drug-likeness (QED) is 0.455. The van der Waals surface area contributed by atoms with Gasteiger partial charge in [-0.05, 0) is 0 Å². The molecule has 73 valence electrons. The van der Waals surface area contributed by atoms with Crippen molar-refractivity contribution in [2.45, 2.75) is 0 Å². The number of nitrogens with one attached hydrogen (secondary N) is 3. The van der Waals surface area contributed by atoms with Gasteiger partial charge in [-0.3, -0.25) is 16.0 Å². The Labute approximate surface area is 69.5 Å². The molecule has 0 atom stereocenters. The second kappa shape index (κ2) is 4.95. The lowest BCUT2D eigenvalue weighted by Gasteiger charge is -2.11. The third-order valence-corrected chi connectivity index (χ3v) is 0.670. The molecule has 0 rings (SSSR count). The third-order valence-electron chi connectivity index (χ3n) is 0.670. The van der Waals surface area contributed by atoms with Gasteiger partial charge in [-0.1, -0.05) is 0 Å². The molecule has 13 heavy (non-hydrogen) atoms. The number of rotatable bonds is 3. The maximum absolute atomic E-state index is 11.5. The van der Waals surface area contributed by atoms with Crippen molar-refractivity contribution in [3.05, 3.63) is 6.29 Å². The van der Waals surface area contributed by atoms with Gasteiger partial charge in [-0.15, -0.1) is 13.2 Å². The second-order valence-electron chi connectivity index (χ2n) is 1.57. The molecule has 0 bridgehead atoms. The molecule has 3 N–H and O–H groups in total. The molecule has 0 saturated carbocycles. The second-order valence-corrected chi connectivity index (χ2v) is 1.57. The normalized spacial score (nSPS) is 9.23. The van der Waals surface area contributed by atoms with Gasteiger partial charge in [0.05, 0.1) is 0 Å². The number of hydrogen-bond acceptors (Lipinski definition) is 3. The zero-order chi connectivity index (χ0) is 10.4. The minimum atomic E-state index is -2.21. The molecule has 0 heterocycles. The molecule has 6 nitrogen and oxygen atoms in total. The standard InChI is InChI=1S/C4H3F3N3O3/c5-1(11)8-4(9-2(6)12)10-3(7)13/h(H,8,11)(H,9,12)(H,10,13). The number of hydrogen-bond donors (Lipinski definition) is 3. The van der Waals surface area contributed by atoms with Gasteiger partial charge in [0.2, 0.25) is 0 Å². The van der Waals surface area contributed by atoms with Crippen molar-refractivity contribution in [2.75, 3.05) is 0 Å². The minimum absolute atomic E-state index is 1.11. The molecule has 1 radical (unpaired) electrons. The summed E-state index contributed by atoms with van der Waals surface area (Å²) < 4.78 is 34.6. The molecule has 0 aromatic heterocycles. The van der Waals surface area contributed by atoms with E-state index in [1.165, 1.54) is 0 Å². The van der Waals surface area contributed by atoms with Crippen LogP contribution in [0, 0.1) is 6.29 Å². The first kappa shape index (κ1) is 11.2. The summed E-state index contributed by atoms with van der Waals surface area (Å²) >= 11 is 0. The van der Waals surface area contributed by atoms with Gasteiger partial charge >= 0.3 is 18.5 Å². The van der Waals surface area contributed by atoms with Gasteiger partial charge in [-0.25, -0.2) is 14.4 Å². The van der Waals surface area contributed by atoms with Gasteiger partial charge in [-0.2, -0.15) is 0 Å². The van der Waals surface area contributed by atoms with E-state index in [1.807, 2.05) is 0 Å². The Balaban J connectivity index is 4.10. The average Bonchev–Trinajstić information content (AvgIpc) is 1.80. The molecular formula is C4H3F3N3O3. The van der Waals surface area contributed by atoms with Crippen LogP contribution in [0.15, 0.2) is 0 Å². The van der Waals surface area contributed by atoms with E-state index in [0.29, 0.717) is 0 Å². The van der Waals surface area contributed by atoms with Gasteiger partial charge in [0.15, 0.2) is 0 Å². The molecule has 0 unspecified atom stereocenters. The first-order chi connectivity index (χ1) is 5.91. The number of amides is 3. The Hall–Kier alpha value is -1.80. The van der Waals surface area contributed by atoms with Crippen molar-refractivity contribution < 1.29 is 27.6 Å². The maximum Gasteiger partial charge on any atom is 0.400 e. The first-order valence-corrected chi connectivity index (χ1v) is 2.68. The predicted octanol–water partition coefficient (Wildman–Crippen LogP) is 0.471. The fraction of sp³-hybridized carbons (Fsp3) is 0. The zero-order valence-electron chi connectivity index (χ0n) is 5.86. The van der Waals surface area contributed by atoms with E-state index >= 15 is 0 Å². The van der Waals surface area contributed by atoms with Crippen molar-refractivity contribution in [3.8, 4) is 0 Å². The van der Waals surface area contributed by atoms with Crippen molar-refractivity contribution in [1.82, 2.24) is 16.0 Å². The molecule has 0 aromatic carbocycles. The SMILES string of the molecule is O=C(F)N[C](NC(=O)F)NC(=O)F. The Bertz CT molecular complexity index is 196. The molecule has 0 aliphatic rings. The molecule has 3 amide bonds. The van der Waals surface area contributed by atoms with Crippen LogP contribution >= 0.6 is 0 Å². The lowest BCUT2D eigenvalue weighted by molar-refractivity contribution is 0.206. The average molecular weight is 198 g/mol. The van der Waals surface area contributed by atoms with Crippen molar-refractivity contribution in [2.24, 2.45) is 0 Å². The van der Waals surface area contributed by atoms with Crippen LogP contribution in [0.25, 0.3) is 0 Å². The minimum Gasteiger partial charge on any atom is -0.282 e. The lowest BCUT2D eigenvalue weighted by Crippen LogP contribution is -2.48. The fourth-order valence-corrected chi connectivity index (χ4v) is 0.389. The summed E-state index contributed by atoms with van der Waals surface area (Å²) in [6.45, 7) is 0. The summed E-state index contributed by atoms with van der Waals surface area (Å²) in [5.74, 6) is 0. The number of carbonyl (C=O) groups excluding carboxylic acids is 3. The highest BCUT2D eigenvalue weighted by atomic mass is 19.1. The summed E-state index contributed by atoms with van der Waals surface area (Å²) in [6, 6.07) is 0.